The van der Waals surface area contributed by atoms with Crippen LogP contribution in [0.1, 0.15) is 24.3 Å². The fraction of sp³-hybridized carbons (Fsp3) is 0.545. The number of carbonyl (C=O) groups is 1. The van der Waals surface area contributed by atoms with Gasteiger partial charge >= 0.3 is 5.97 Å². The average molecular weight is 338 g/mol. The number of aromatic carboxylic acids is 1. The lowest BCUT2D eigenvalue weighted by Gasteiger charge is -2.05. The molecule has 0 fully saturated rings. The Kier molecular flexibility index (Phi) is 5.54. The van der Waals surface area contributed by atoms with E-state index >= 15 is 0 Å². The van der Waals surface area contributed by atoms with E-state index in [4.69, 9.17) is 5.11 Å². The van der Waals surface area contributed by atoms with Crippen LogP contribution in [-0.4, -0.2) is 50.5 Å². The molecule has 8 nitrogen and oxygen atoms in total. The van der Waals surface area contributed by atoms with Crippen LogP contribution in [-0.2, 0) is 26.4 Å². The minimum atomic E-state index is -3.93. The number of hydrogen-bond acceptors (Lipinski definition) is 5. The first kappa shape index (κ1) is 17.7. The summed E-state index contributed by atoms with van der Waals surface area (Å²) in [4.78, 5) is 10.8. The fourth-order valence-electron chi connectivity index (χ4n) is 1.63. The van der Waals surface area contributed by atoms with Crippen LogP contribution in [0.5, 0.6) is 0 Å². The van der Waals surface area contributed by atoms with E-state index in [-0.39, 0.29) is 28.6 Å². The molecule has 0 radical (unpaired) electrons. The van der Waals surface area contributed by atoms with E-state index in [0.717, 1.165) is 6.07 Å². The van der Waals surface area contributed by atoms with E-state index < -0.39 is 25.8 Å². The first-order chi connectivity index (χ1) is 9.63. The molecule has 0 saturated carbocycles. The summed E-state index contributed by atoms with van der Waals surface area (Å²) in [7, 11) is -7.21. The number of aryl methyl sites for hydroxylation is 1. The largest absolute Gasteiger partial charge is 0.477 e. The predicted molar refractivity (Wildman–Crippen MR) is 76.6 cm³/mol. The summed E-state index contributed by atoms with van der Waals surface area (Å²) in [6, 6.07) is 1.04. The summed E-state index contributed by atoms with van der Waals surface area (Å²) in [5.41, 5.74) is -0.140. The number of rotatable bonds is 8. The Hall–Kier alpha value is -1.39. The molecule has 0 aliphatic heterocycles. The quantitative estimate of drug-likeness (QED) is 0.683. The minimum Gasteiger partial charge on any atom is -0.477 e. The lowest BCUT2D eigenvalue weighted by atomic mass is 10.4. The van der Waals surface area contributed by atoms with Crippen LogP contribution in [0.2, 0.25) is 0 Å². The molecule has 0 atom stereocenters. The Morgan fingerprint density at radius 2 is 1.90 bits per heavy atom. The normalized spacial score (nSPS) is 12.5. The first-order valence-corrected chi connectivity index (χ1v) is 9.57. The molecule has 0 aliphatic rings. The third kappa shape index (κ3) is 4.55. The molecule has 2 N–H and O–H groups in total. The monoisotopic (exact) mass is 338 g/mol. The molecule has 1 heterocycles. The maximum absolute atomic E-state index is 12.0. The van der Waals surface area contributed by atoms with Gasteiger partial charge in [-0.15, -0.1) is 0 Å². The van der Waals surface area contributed by atoms with E-state index in [9.17, 15) is 21.6 Å². The van der Waals surface area contributed by atoms with Crippen molar-refractivity contribution in [2.45, 2.75) is 25.3 Å². The van der Waals surface area contributed by atoms with Crippen LogP contribution in [0.25, 0.3) is 0 Å². The number of nitrogens with zero attached hydrogens (tertiary/aromatic N) is 1. The maximum atomic E-state index is 12.0. The van der Waals surface area contributed by atoms with Crippen LogP contribution >= 0.6 is 0 Å². The molecule has 10 heteroatoms. The number of carboxylic acid groups (broad SMARTS) is 1. The number of nitrogens with one attached hydrogen (secondary N) is 1. The third-order valence-electron chi connectivity index (χ3n) is 2.89. The number of carboxylic acids is 1. The molecule has 0 bridgehead atoms. The number of hydrogen-bond donors (Lipinski definition) is 2. The molecule has 21 heavy (non-hydrogen) atoms. The Labute approximate surface area is 123 Å². The van der Waals surface area contributed by atoms with Gasteiger partial charge in [0.05, 0.1) is 5.75 Å². The molecule has 0 aromatic carbocycles. The van der Waals surface area contributed by atoms with Gasteiger partial charge < -0.3 is 9.67 Å². The zero-order valence-electron chi connectivity index (χ0n) is 11.7. The van der Waals surface area contributed by atoms with Crippen molar-refractivity contribution in [3.05, 3.63) is 18.0 Å². The number of sulfone groups is 1. The maximum Gasteiger partial charge on any atom is 0.352 e. The second-order valence-electron chi connectivity index (χ2n) is 4.29. The molecule has 1 rings (SSSR count). The molecular weight excluding hydrogens is 320 g/mol. The molecule has 0 unspecified atom stereocenters. The Balaban J connectivity index is 2.91. The zero-order chi connectivity index (χ0) is 16.3. The predicted octanol–water partition coefficient (Wildman–Crippen LogP) is -0.0808. The topological polar surface area (TPSA) is 123 Å². The van der Waals surface area contributed by atoms with Crippen molar-refractivity contribution >= 4 is 25.8 Å². The molecule has 120 valence electrons. The van der Waals surface area contributed by atoms with E-state index in [1.54, 1.807) is 6.92 Å². The van der Waals surface area contributed by atoms with Gasteiger partial charge in [0.25, 0.3) is 0 Å². The minimum absolute atomic E-state index is 0.0654. The van der Waals surface area contributed by atoms with Gasteiger partial charge in [-0.2, -0.15) is 0 Å². The smallest absolute Gasteiger partial charge is 0.352 e. The van der Waals surface area contributed by atoms with Crippen molar-refractivity contribution in [1.82, 2.24) is 9.29 Å². The van der Waals surface area contributed by atoms with Crippen molar-refractivity contribution < 1.29 is 26.7 Å². The Morgan fingerprint density at radius 3 is 2.33 bits per heavy atom. The highest BCUT2D eigenvalue weighted by molar-refractivity contribution is 7.91. The van der Waals surface area contributed by atoms with E-state index in [1.807, 2.05) is 0 Å². The second-order valence-corrected chi connectivity index (χ2v) is 8.53. The van der Waals surface area contributed by atoms with Gasteiger partial charge in [-0.1, -0.05) is 6.92 Å². The highest BCUT2D eigenvalue weighted by atomic mass is 32.2. The Morgan fingerprint density at radius 1 is 1.29 bits per heavy atom. The third-order valence-corrected chi connectivity index (χ3v) is 6.02. The van der Waals surface area contributed by atoms with Crippen molar-refractivity contribution in [3.8, 4) is 0 Å². The number of aromatic nitrogens is 1. The van der Waals surface area contributed by atoms with Crippen molar-refractivity contribution in [1.29, 1.82) is 0 Å². The summed E-state index contributed by atoms with van der Waals surface area (Å²) < 4.78 is 50.0. The van der Waals surface area contributed by atoms with Crippen LogP contribution in [0.4, 0.5) is 0 Å². The van der Waals surface area contributed by atoms with Crippen LogP contribution < -0.4 is 4.72 Å². The molecule has 0 aliphatic carbocycles. The lowest BCUT2D eigenvalue weighted by Crippen LogP contribution is -2.29. The van der Waals surface area contributed by atoms with E-state index in [1.165, 1.54) is 17.7 Å². The zero-order valence-corrected chi connectivity index (χ0v) is 13.4. The molecule has 0 spiro atoms. The van der Waals surface area contributed by atoms with Crippen LogP contribution in [0.3, 0.4) is 0 Å². The van der Waals surface area contributed by atoms with E-state index in [0.29, 0.717) is 6.54 Å². The summed E-state index contributed by atoms with van der Waals surface area (Å²) in [6.07, 6.45) is 1.21. The van der Waals surface area contributed by atoms with Crippen molar-refractivity contribution in [2.75, 3.05) is 18.1 Å². The van der Waals surface area contributed by atoms with Gasteiger partial charge in [0.15, 0.2) is 9.84 Å². The second kappa shape index (κ2) is 6.58. The van der Waals surface area contributed by atoms with Gasteiger partial charge in [0.1, 0.15) is 10.6 Å². The molecule has 0 amide bonds. The molecule has 1 aromatic rings. The summed E-state index contributed by atoms with van der Waals surface area (Å²) in [6.45, 7) is 3.22. The number of sulfonamides is 1. The molecular formula is C11H18N2O6S2. The average Bonchev–Trinajstić information content (AvgIpc) is 2.83. The van der Waals surface area contributed by atoms with Crippen LogP contribution in [0, 0.1) is 0 Å². The highest BCUT2D eigenvalue weighted by Gasteiger charge is 2.21. The van der Waals surface area contributed by atoms with Gasteiger partial charge in [-0.3, -0.25) is 0 Å². The van der Waals surface area contributed by atoms with Gasteiger partial charge in [0.2, 0.25) is 10.0 Å². The fourth-order valence-corrected chi connectivity index (χ4v) is 3.53. The van der Waals surface area contributed by atoms with Crippen molar-refractivity contribution in [3.63, 3.8) is 0 Å². The summed E-state index contributed by atoms with van der Waals surface area (Å²) >= 11 is 0. The Bertz CT molecular complexity index is 718. The van der Waals surface area contributed by atoms with Gasteiger partial charge in [-0.05, 0) is 13.0 Å². The summed E-state index contributed by atoms with van der Waals surface area (Å²) in [5, 5.41) is 8.98. The van der Waals surface area contributed by atoms with E-state index in [2.05, 4.69) is 4.72 Å². The first-order valence-electron chi connectivity index (χ1n) is 6.26. The molecule has 1 aromatic heterocycles. The van der Waals surface area contributed by atoms with Crippen LogP contribution in [0.15, 0.2) is 17.2 Å². The van der Waals surface area contributed by atoms with Gasteiger partial charge in [-0.25, -0.2) is 26.4 Å². The summed E-state index contributed by atoms with van der Waals surface area (Å²) in [5.74, 6) is -1.60. The highest BCUT2D eigenvalue weighted by Crippen LogP contribution is 2.14. The SMILES string of the molecule is CCn1cc(S(=O)(=O)NCCS(=O)(=O)CC)cc1C(=O)O. The van der Waals surface area contributed by atoms with Crippen molar-refractivity contribution in [2.24, 2.45) is 0 Å². The molecule has 0 saturated heterocycles. The standard InChI is InChI=1S/C11H18N2O6S2/c1-3-13-8-9(7-10(13)11(14)15)21(18,19)12-5-6-20(16,17)4-2/h7-8,12H,3-6H2,1-2H3,(H,14,15). The lowest BCUT2D eigenvalue weighted by molar-refractivity contribution is 0.0685. The van der Waals surface area contributed by atoms with Gasteiger partial charge in [0, 0.05) is 25.0 Å².